The average Bonchev–Trinajstić information content (AvgIpc) is 0. The van der Waals surface area contributed by atoms with Crippen LogP contribution in [0.1, 0.15) is 0 Å². The molecule has 0 nitrogen and oxygen atoms in total. The molecule has 0 saturated heterocycles. The van der Waals surface area contributed by atoms with Gasteiger partial charge in [-0.1, -0.05) is 0 Å². The van der Waals surface area contributed by atoms with Crippen molar-refractivity contribution >= 4 is 69.7 Å². The van der Waals surface area contributed by atoms with E-state index in [-0.39, 0.29) is 154 Å². The molecule has 0 bridgehead atoms. The molecule has 0 aliphatic carbocycles. The molecule has 0 fully saturated rings. The van der Waals surface area contributed by atoms with Crippen LogP contribution in [0.25, 0.3) is 0 Å². The van der Waals surface area contributed by atoms with Crippen LogP contribution >= 0.6 is 0 Å². The van der Waals surface area contributed by atoms with Crippen LogP contribution in [0.5, 0.6) is 0 Å². The van der Waals surface area contributed by atoms with Crippen LogP contribution in [0.2, 0.25) is 0 Å². The Bertz CT molecular complexity index is 24.0. The zero-order chi connectivity index (χ0) is 0. The summed E-state index contributed by atoms with van der Waals surface area (Å²) in [5, 5.41) is 0. The molecule has 1 unspecified atom stereocenters. The van der Waals surface area contributed by atoms with Gasteiger partial charge in [0, 0.05) is 84.8 Å². The Hall–Kier alpha value is 4.87. The molecule has 0 rings (SSSR count). The fourth-order valence-electron chi connectivity index (χ4n) is 0. The number of rotatable bonds is 0. The Morgan fingerprint density at radius 1 is 1.00 bits per heavy atom. The molecule has 0 saturated carbocycles. The number of hydrogen-bond donors (Lipinski definition) is 0. The first-order valence-corrected chi connectivity index (χ1v) is 0. The molecule has 8 heavy (non-hydrogen) atoms. The Kier molecular flexibility index (Phi) is 565. The van der Waals surface area contributed by atoms with E-state index in [1.807, 2.05) is 0 Å². The van der Waals surface area contributed by atoms with Crippen molar-refractivity contribution in [1.29, 1.82) is 0 Å². The summed E-state index contributed by atoms with van der Waals surface area (Å²) in [5.74, 6) is 0. The summed E-state index contributed by atoms with van der Waals surface area (Å²) < 4.78 is 0. The first kappa shape index (κ1) is 76.5. The summed E-state index contributed by atoms with van der Waals surface area (Å²) in [6.45, 7) is 0. The van der Waals surface area contributed by atoms with Gasteiger partial charge >= 0.3 is 69.7 Å². The Morgan fingerprint density at radius 2 is 1.00 bits per heavy atom. The van der Waals surface area contributed by atoms with Gasteiger partial charge in [-0.15, -0.1) is 0 Å². The van der Waals surface area contributed by atoms with Crippen LogP contribution in [0.15, 0.2) is 0 Å². The second-order valence-corrected chi connectivity index (χ2v) is 0. The van der Waals surface area contributed by atoms with Gasteiger partial charge in [-0.25, -0.2) is 0 Å². The van der Waals surface area contributed by atoms with E-state index in [0.717, 1.165) is 0 Å². The van der Waals surface area contributed by atoms with Crippen LogP contribution in [-0.4, -0.2) is 69.7 Å². The minimum atomic E-state index is 0. The third-order valence-corrected chi connectivity index (χ3v) is 0. The summed E-state index contributed by atoms with van der Waals surface area (Å²) in [6, 6.07) is 0. The SMILES string of the molecule is [AsH3].[Co].[Cr].[Cu].[Mn].[Ni].[PbH2].[SbH3]. The van der Waals surface area contributed by atoms with E-state index in [1.54, 1.807) is 0 Å². The van der Waals surface area contributed by atoms with Crippen molar-refractivity contribution in [2.24, 2.45) is 0 Å². The molecule has 0 aromatic heterocycles. The zero-order valence-electron chi connectivity index (χ0n) is 3.86. The van der Waals surface area contributed by atoms with E-state index in [2.05, 4.69) is 0 Å². The third-order valence-electron chi connectivity index (χ3n) is 0. The predicted molar refractivity (Wildman–Crippen MR) is 28.4 cm³/mol. The Balaban J connectivity index is 0. The molecule has 0 aromatic rings. The van der Waals surface area contributed by atoms with Gasteiger partial charge in [0.1, 0.15) is 0 Å². The summed E-state index contributed by atoms with van der Waals surface area (Å²) in [5.41, 5.74) is 0. The van der Waals surface area contributed by atoms with Crippen molar-refractivity contribution in [3.8, 4) is 0 Å². The van der Waals surface area contributed by atoms with E-state index >= 15 is 0 Å². The quantitative estimate of drug-likeness (QED) is 0.233. The van der Waals surface area contributed by atoms with Gasteiger partial charge in [-0.2, -0.15) is 0 Å². The molecule has 1 atom stereocenters. The molecule has 0 heterocycles. The molecule has 0 aromatic carbocycles. The minimum absolute atomic E-state index is 0. The van der Waals surface area contributed by atoms with Gasteiger partial charge < -0.3 is 0 Å². The second kappa shape index (κ2) is 59.1. The fourth-order valence-corrected chi connectivity index (χ4v) is 0. The van der Waals surface area contributed by atoms with E-state index in [4.69, 9.17) is 0 Å². The van der Waals surface area contributed by atoms with Gasteiger partial charge in [0.05, 0.1) is 0 Å². The Labute approximate surface area is 151 Å². The van der Waals surface area contributed by atoms with Crippen molar-refractivity contribution < 1.29 is 84.8 Å². The van der Waals surface area contributed by atoms with Crippen LogP contribution in [0.3, 0.4) is 0 Å². The monoisotopic (exact) mass is 699 g/mol. The van der Waals surface area contributed by atoms with E-state index in [9.17, 15) is 0 Å². The van der Waals surface area contributed by atoms with Gasteiger partial charge in [0.25, 0.3) is 0 Å². The molecule has 5 radical (unpaired) electrons. The standard InChI is InChI=1S/AsH3.Co.Cr.Cu.Mn.Ni.Pb.Sb.5H/h1H3;;;;;;;;;;;;. The molecule has 8 heteroatoms. The van der Waals surface area contributed by atoms with Crippen molar-refractivity contribution in [2.75, 3.05) is 0 Å². The van der Waals surface area contributed by atoms with Crippen LogP contribution in [0.4, 0.5) is 0 Å². The molecular formula is H8AsCoCrCuMnNiPbSb. The molecule has 0 N–H and O–H groups in total. The first-order valence-electron chi connectivity index (χ1n) is 0. The van der Waals surface area contributed by atoms with E-state index in [1.165, 1.54) is 0 Å². The summed E-state index contributed by atoms with van der Waals surface area (Å²) in [7, 11) is 0. The van der Waals surface area contributed by atoms with Crippen molar-refractivity contribution in [1.82, 2.24) is 0 Å². The molecule has 0 aliphatic heterocycles. The van der Waals surface area contributed by atoms with Gasteiger partial charge in [-0.3, -0.25) is 0 Å². The van der Waals surface area contributed by atoms with Crippen LogP contribution < -0.4 is 0 Å². The van der Waals surface area contributed by atoms with Gasteiger partial charge in [0.15, 0.2) is 0 Å². The number of hydrogen-bond acceptors (Lipinski definition) is 0. The van der Waals surface area contributed by atoms with Crippen molar-refractivity contribution in [2.45, 2.75) is 0 Å². The fraction of sp³-hybridized carbons (Fsp3) is 0. The van der Waals surface area contributed by atoms with Crippen LogP contribution in [0, 0.1) is 0 Å². The summed E-state index contributed by atoms with van der Waals surface area (Å²) >= 11 is 0. The average molecular weight is 700 g/mol. The molecule has 0 amide bonds. The molecule has 65 valence electrons. The van der Waals surface area contributed by atoms with E-state index in [0.29, 0.717) is 0 Å². The molecule has 0 aliphatic rings. The molecular weight excluding hydrogens is 692 g/mol. The topological polar surface area (TPSA) is 0 Å². The molecule has 0 spiro atoms. The van der Waals surface area contributed by atoms with Crippen LogP contribution in [-0.2, 0) is 84.8 Å². The summed E-state index contributed by atoms with van der Waals surface area (Å²) in [4.78, 5) is 0. The normalized spacial score (nSPS) is 0. The predicted octanol–water partition coefficient (Wildman–Crippen LogP) is -3.30. The van der Waals surface area contributed by atoms with Gasteiger partial charge in [0.2, 0.25) is 0 Å². The van der Waals surface area contributed by atoms with Crippen molar-refractivity contribution in [3.05, 3.63) is 0 Å². The maximum absolute atomic E-state index is 0. The zero-order valence-corrected chi connectivity index (χ0v) is 21.8. The third kappa shape index (κ3) is 44.6. The van der Waals surface area contributed by atoms with E-state index < -0.39 is 0 Å². The van der Waals surface area contributed by atoms with Gasteiger partial charge in [-0.05, 0) is 0 Å². The second-order valence-electron chi connectivity index (χ2n) is 0. The van der Waals surface area contributed by atoms with Crippen molar-refractivity contribution in [3.63, 3.8) is 0 Å². The Morgan fingerprint density at radius 3 is 1.00 bits per heavy atom. The maximum atomic E-state index is 0. The summed E-state index contributed by atoms with van der Waals surface area (Å²) in [6.07, 6.45) is 0. The first-order chi connectivity index (χ1) is 0.